The van der Waals surface area contributed by atoms with Gasteiger partial charge < -0.3 is 5.73 Å². The van der Waals surface area contributed by atoms with Crippen LogP contribution >= 0.6 is 7.26 Å². The summed E-state index contributed by atoms with van der Waals surface area (Å²) >= 11 is 0. The predicted molar refractivity (Wildman–Crippen MR) is 55.2 cm³/mol. The highest BCUT2D eigenvalue weighted by molar-refractivity contribution is 7.81. The van der Waals surface area contributed by atoms with Crippen LogP contribution in [0.2, 0.25) is 0 Å². The van der Waals surface area contributed by atoms with Gasteiger partial charge in [0, 0.05) is 7.26 Å². The van der Waals surface area contributed by atoms with Crippen molar-refractivity contribution in [3.05, 3.63) is 24.3 Å². The second kappa shape index (κ2) is 2.83. The first-order valence-electron chi connectivity index (χ1n) is 3.68. The number of anilines is 1. The lowest BCUT2D eigenvalue weighted by molar-refractivity contribution is 1.72. The molecule has 0 saturated heterocycles. The van der Waals surface area contributed by atoms with E-state index >= 15 is 0 Å². The molecule has 0 unspecified atom stereocenters. The average molecular weight is 168 g/mol. The number of hydrogen-bond acceptors (Lipinski definition) is 1. The highest BCUT2D eigenvalue weighted by Crippen LogP contribution is 2.46. The van der Waals surface area contributed by atoms with E-state index in [0.29, 0.717) is 0 Å². The largest absolute Gasteiger partial charge is 0.396 e. The molecule has 1 nitrogen and oxygen atoms in total. The summed E-state index contributed by atoms with van der Waals surface area (Å²) in [4.78, 5) is 0. The maximum Gasteiger partial charge on any atom is 0.116 e. The Morgan fingerprint density at radius 3 is 2.00 bits per heavy atom. The summed E-state index contributed by atoms with van der Waals surface area (Å²) in [7, 11) is -0.931. The molecule has 0 aliphatic heterocycles. The van der Waals surface area contributed by atoms with Gasteiger partial charge in [0.1, 0.15) is 5.30 Å². The van der Waals surface area contributed by atoms with E-state index in [1.54, 1.807) is 0 Å². The summed E-state index contributed by atoms with van der Waals surface area (Å²) in [6.45, 7) is 6.83. The van der Waals surface area contributed by atoms with Gasteiger partial charge in [0.15, 0.2) is 0 Å². The molecule has 0 spiro atoms. The molecule has 0 bridgehead atoms. The second-order valence-electron chi connectivity index (χ2n) is 3.57. The summed E-state index contributed by atoms with van der Waals surface area (Å²) in [5.74, 6) is 0. The number of hydrogen-bond donors (Lipinski definition) is 1. The third kappa shape index (κ3) is 1.94. The van der Waals surface area contributed by atoms with Crippen LogP contribution < -0.4 is 11.0 Å². The fraction of sp³-hybridized carbons (Fsp3) is 0.333. The zero-order valence-electron chi connectivity index (χ0n) is 7.33. The summed E-state index contributed by atoms with van der Waals surface area (Å²) in [5.41, 5.74) is 6.77. The van der Waals surface area contributed by atoms with Gasteiger partial charge in [-0.15, -0.1) is 0 Å². The molecule has 11 heavy (non-hydrogen) atoms. The van der Waals surface area contributed by atoms with Gasteiger partial charge in [-0.2, -0.15) is 0 Å². The van der Waals surface area contributed by atoms with Gasteiger partial charge in [0.2, 0.25) is 0 Å². The Morgan fingerprint density at radius 1 is 1.09 bits per heavy atom. The van der Waals surface area contributed by atoms with Crippen LogP contribution in [0.1, 0.15) is 0 Å². The number of nitrogen functional groups attached to an aromatic ring is 1. The minimum Gasteiger partial charge on any atom is -0.396 e. The van der Waals surface area contributed by atoms with E-state index in [4.69, 9.17) is 5.73 Å². The van der Waals surface area contributed by atoms with Gasteiger partial charge in [-0.25, -0.2) is 0 Å². The molecule has 0 aliphatic rings. The van der Waals surface area contributed by atoms with Crippen molar-refractivity contribution in [3.63, 3.8) is 0 Å². The van der Waals surface area contributed by atoms with Gasteiger partial charge in [0.25, 0.3) is 0 Å². The predicted octanol–water partition coefficient (Wildman–Crippen LogP) is 1.80. The number of para-hydroxylation sites is 1. The van der Waals surface area contributed by atoms with Crippen molar-refractivity contribution in [1.82, 2.24) is 0 Å². The lowest BCUT2D eigenvalue weighted by Gasteiger charge is -2.13. The van der Waals surface area contributed by atoms with E-state index in [1.807, 2.05) is 12.1 Å². The fourth-order valence-corrected chi connectivity index (χ4v) is 2.48. The highest BCUT2D eigenvalue weighted by Gasteiger charge is 2.23. The summed E-state index contributed by atoms with van der Waals surface area (Å²) in [6.07, 6.45) is 0. The topological polar surface area (TPSA) is 26.0 Å². The van der Waals surface area contributed by atoms with Gasteiger partial charge in [-0.05, 0) is 12.1 Å². The Morgan fingerprint density at radius 2 is 1.64 bits per heavy atom. The van der Waals surface area contributed by atoms with Crippen LogP contribution in [-0.4, -0.2) is 20.0 Å². The minimum atomic E-state index is -0.931. The van der Waals surface area contributed by atoms with Crippen molar-refractivity contribution in [2.45, 2.75) is 0 Å². The van der Waals surface area contributed by atoms with Crippen molar-refractivity contribution in [2.24, 2.45) is 0 Å². The summed E-state index contributed by atoms with van der Waals surface area (Å²) in [6, 6.07) is 8.13. The maximum atomic E-state index is 5.83. The zero-order chi connectivity index (χ0) is 8.48. The molecule has 0 heterocycles. The molecule has 0 aliphatic carbocycles. The molecule has 0 radical (unpaired) electrons. The van der Waals surface area contributed by atoms with E-state index < -0.39 is 7.26 Å². The summed E-state index contributed by atoms with van der Waals surface area (Å²) < 4.78 is 0. The lowest BCUT2D eigenvalue weighted by atomic mass is 10.3. The first kappa shape index (κ1) is 8.55. The molecule has 60 valence electrons. The van der Waals surface area contributed by atoms with Crippen LogP contribution in [0.15, 0.2) is 24.3 Å². The Hall–Kier alpha value is -0.550. The third-order valence-electron chi connectivity index (χ3n) is 1.66. The van der Waals surface area contributed by atoms with Crippen LogP contribution in [0.5, 0.6) is 0 Å². The molecule has 1 aromatic rings. The van der Waals surface area contributed by atoms with E-state index in [0.717, 1.165) is 5.69 Å². The van der Waals surface area contributed by atoms with Crippen LogP contribution in [0.25, 0.3) is 0 Å². The van der Waals surface area contributed by atoms with Crippen LogP contribution in [0.4, 0.5) is 5.69 Å². The first-order valence-corrected chi connectivity index (χ1v) is 6.81. The Labute approximate surface area is 69.0 Å². The minimum absolute atomic E-state index is 0.931. The average Bonchev–Trinajstić information content (AvgIpc) is 1.86. The molecule has 1 rings (SSSR count). The Bertz CT molecular complexity index is 250. The lowest BCUT2D eigenvalue weighted by Crippen LogP contribution is -2.12. The molecule has 1 aromatic carbocycles. The third-order valence-corrected chi connectivity index (χ3v) is 3.51. The van der Waals surface area contributed by atoms with Crippen molar-refractivity contribution in [1.29, 1.82) is 0 Å². The fourth-order valence-electron chi connectivity index (χ4n) is 1.10. The van der Waals surface area contributed by atoms with E-state index in [9.17, 15) is 0 Å². The quantitative estimate of drug-likeness (QED) is 0.502. The molecule has 2 N–H and O–H groups in total. The van der Waals surface area contributed by atoms with E-state index in [1.165, 1.54) is 5.30 Å². The maximum absolute atomic E-state index is 5.83. The molecule has 2 heteroatoms. The monoisotopic (exact) mass is 168 g/mol. The van der Waals surface area contributed by atoms with Gasteiger partial charge in [-0.3, -0.25) is 0 Å². The van der Waals surface area contributed by atoms with Crippen molar-refractivity contribution in [3.8, 4) is 0 Å². The molecule has 0 amide bonds. The van der Waals surface area contributed by atoms with Crippen molar-refractivity contribution in [2.75, 3.05) is 25.7 Å². The van der Waals surface area contributed by atoms with Gasteiger partial charge in [0.05, 0.1) is 25.7 Å². The first-order chi connectivity index (χ1) is 5.02. The normalized spacial score (nSPS) is 11.5. The summed E-state index contributed by atoms with van der Waals surface area (Å²) in [5, 5.41) is 1.33. The number of nitrogens with two attached hydrogens (primary N) is 1. The molecule has 0 atom stereocenters. The van der Waals surface area contributed by atoms with Gasteiger partial charge in [-0.1, -0.05) is 12.1 Å². The van der Waals surface area contributed by atoms with Crippen molar-refractivity contribution < 1.29 is 0 Å². The molecular formula is C9H15NP+. The second-order valence-corrected chi connectivity index (χ2v) is 8.08. The van der Waals surface area contributed by atoms with Crippen LogP contribution in [0.3, 0.4) is 0 Å². The number of benzene rings is 1. The van der Waals surface area contributed by atoms with E-state index in [-0.39, 0.29) is 0 Å². The van der Waals surface area contributed by atoms with E-state index in [2.05, 4.69) is 32.1 Å². The Kier molecular flexibility index (Phi) is 2.20. The number of rotatable bonds is 1. The molecule has 0 saturated carbocycles. The SMILES string of the molecule is C[P+](C)(C)c1ccccc1N. The van der Waals surface area contributed by atoms with Crippen molar-refractivity contribution >= 4 is 18.3 Å². The molecular weight excluding hydrogens is 153 g/mol. The molecule has 0 fully saturated rings. The highest BCUT2D eigenvalue weighted by atomic mass is 31.2. The molecule has 0 aromatic heterocycles. The van der Waals surface area contributed by atoms with Crippen LogP contribution in [0, 0.1) is 0 Å². The smallest absolute Gasteiger partial charge is 0.116 e. The zero-order valence-corrected chi connectivity index (χ0v) is 8.23. The standard InChI is InChI=1S/C9H15NP/c1-11(2,3)9-7-5-4-6-8(9)10/h4-7H,10H2,1-3H3/q+1. The van der Waals surface area contributed by atoms with Crippen LogP contribution in [-0.2, 0) is 0 Å². The van der Waals surface area contributed by atoms with Gasteiger partial charge >= 0.3 is 0 Å². The Balaban J connectivity index is 3.14.